The fourth-order valence-corrected chi connectivity index (χ4v) is 1.44. The molecule has 0 spiro atoms. The van der Waals surface area contributed by atoms with Crippen molar-refractivity contribution in [1.82, 2.24) is 0 Å². The fourth-order valence-electron chi connectivity index (χ4n) is 0.364. The summed E-state index contributed by atoms with van der Waals surface area (Å²) in [6.07, 6.45) is 1.78. The second kappa shape index (κ2) is 2.42. The quantitative estimate of drug-likeness (QED) is 0.661. The molecule has 0 aliphatic heterocycles. The zero-order chi connectivity index (χ0) is 5.98. The van der Waals surface area contributed by atoms with Crippen molar-refractivity contribution in [2.24, 2.45) is 0 Å². The molecule has 0 N–H and O–H groups in total. The highest BCUT2D eigenvalue weighted by Crippen LogP contribution is 2.18. The first-order valence-corrected chi connectivity index (χ1v) is 3.62. The van der Waals surface area contributed by atoms with Crippen LogP contribution in [-0.4, -0.2) is 6.29 Å². The van der Waals surface area contributed by atoms with Gasteiger partial charge in [-0.1, -0.05) is 0 Å². The second-order valence-electron chi connectivity index (χ2n) is 1.24. The van der Waals surface area contributed by atoms with Crippen LogP contribution in [0.1, 0.15) is 5.56 Å². The third kappa shape index (κ3) is 1.17. The minimum Gasteiger partial charge on any atom is -0.285 e. The highest BCUT2D eigenvalue weighted by molar-refractivity contribution is 9.11. The number of thiophene rings is 1. The molecule has 1 aromatic rings. The van der Waals surface area contributed by atoms with E-state index >= 15 is 0 Å². The van der Waals surface area contributed by atoms with Gasteiger partial charge in [-0.05, 0) is 22.0 Å². The van der Waals surface area contributed by atoms with Crippen molar-refractivity contribution in [2.75, 3.05) is 0 Å². The number of halogens is 1. The van der Waals surface area contributed by atoms with E-state index in [0.29, 0.717) is 5.56 Å². The van der Waals surface area contributed by atoms with Gasteiger partial charge in [0.15, 0.2) is 0 Å². The van der Waals surface area contributed by atoms with Crippen molar-refractivity contribution >= 4 is 33.6 Å². The van der Waals surface area contributed by atoms with E-state index in [1.165, 1.54) is 11.3 Å². The Hall–Kier alpha value is -0.150. The molecule has 1 radical (unpaired) electrons. The van der Waals surface area contributed by atoms with E-state index in [1.54, 1.807) is 17.7 Å². The van der Waals surface area contributed by atoms with Crippen molar-refractivity contribution in [3.8, 4) is 0 Å². The van der Waals surface area contributed by atoms with Crippen LogP contribution < -0.4 is 0 Å². The summed E-state index contributed by atoms with van der Waals surface area (Å²) in [6.45, 7) is 0. The molecule has 0 saturated carbocycles. The van der Waals surface area contributed by atoms with Gasteiger partial charge in [0.05, 0.1) is 3.79 Å². The maximum Gasteiger partial charge on any atom is 0.234 e. The molecule has 0 fully saturated rings. The van der Waals surface area contributed by atoms with Crippen LogP contribution in [0.25, 0.3) is 0 Å². The average Bonchev–Trinajstić information content (AvgIpc) is 2.14. The van der Waals surface area contributed by atoms with Gasteiger partial charge in [-0.25, -0.2) is 0 Å². The van der Waals surface area contributed by atoms with E-state index in [0.717, 1.165) is 3.79 Å². The van der Waals surface area contributed by atoms with Gasteiger partial charge in [0, 0.05) is 10.9 Å². The van der Waals surface area contributed by atoms with Crippen molar-refractivity contribution in [1.29, 1.82) is 0 Å². The largest absolute Gasteiger partial charge is 0.285 e. The van der Waals surface area contributed by atoms with Crippen LogP contribution in [0.2, 0.25) is 0 Å². The molecule has 0 saturated heterocycles. The molecular formula is C5H2BrOS. The normalized spacial score (nSPS) is 9.12. The molecule has 0 bridgehead atoms. The van der Waals surface area contributed by atoms with Crippen LogP contribution in [0.5, 0.6) is 0 Å². The first-order valence-electron chi connectivity index (χ1n) is 1.95. The lowest BCUT2D eigenvalue weighted by Gasteiger charge is -1.67. The van der Waals surface area contributed by atoms with Crippen LogP contribution >= 0.6 is 27.3 Å². The lowest BCUT2D eigenvalue weighted by molar-refractivity contribution is 0.563. The first-order chi connectivity index (χ1) is 3.83. The smallest absolute Gasteiger partial charge is 0.234 e. The van der Waals surface area contributed by atoms with Gasteiger partial charge in [0.25, 0.3) is 0 Å². The molecule has 41 valence electrons. The summed E-state index contributed by atoms with van der Waals surface area (Å²) in [7, 11) is 0. The monoisotopic (exact) mass is 189 g/mol. The average molecular weight is 190 g/mol. The predicted molar refractivity (Wildman–Crippen MR) is 36.8 cm³/mol. The number of carbonyl (C=O) groups excluding carboxylic acids is 1. The van der Waals surface area contributed by atoms with E-state index in [2.05, 4.69) is 15.9 Å². The Morgan fingerprint density at radius 3 is 2.75 bits per heavy atom. The summed E-state index contributed by atoms with van der Waals surface area (Å²) in [5, 5.41) is 1.75. The number of hydrogen-bond acceptors (Lipinski definition) is 2. The van der Waals surface area contributed by atoms with Crippen LogP contribution in [0.15, 0.2) is 15.2 Å². The van der Waals surface area contributed by atoms with E-state index in [-0.39, 0.29) is 0 Å². The Balaban J connectivity index is 3.00. The van der Waals surface area contributed by atoms with Gasteiger partial charge in [-0.2, -0.15) is 0 Å². The molecule has 1 nitrogen and oxygen atoms in total. The highest BCUT2D eigenvalue weighted by atomic mass is 79.9. The van der Waals surface area contributed by atoms with Gasteiger partial charge < -0.3 is 0 Å². The fraction of sp³-hybridized carbons (Fsp3) is 0. The summed E-state index contributed by atoms with van der Waals surface area (Å²) < 4.78 is 0.968. The first kappa shape index (κ1) is 5.98. The van der Waals surface area contributed by atoms with Gasteiger partial charge in [0.1, 0.15) is 0 Å². The minimum absolute atomic E-state index is 0.613. The SMILES string of the molecule is O=[C]c1csc(Br)c1. The van der Waals surface area contributed by atoms with Crippen molar-refractivity contribution < 1.29 is 4.79 Å². The topological polar surface area (TPSA) is 17.1 Å². The molecule has 0 unspecified atom stereocenters. The maximum absolute atomic E-state index is 9.88. The molecule has 8 heavy (non-hydrogen) atoms. The standard InChI is InChI=1S/C5H2BrOS/c6-5-1-4(2-7)3-8-5/h1,3H. The van der Waals surface area contributed by atoms with Gasteiger partial charge >= 0.3 is 0 Å². The third-order valence-electron chi connectivity index (χ3n) is 0.685. The predicted octanol–water partition coefficient (Wildman–Crippen LogP) is 1.97. The minimum atomic E-state index is 0.613. The molecule has 0 aliphatic carbocycles. The molecule has 0 aromatic carbocycles. The molecule has 1 heterocycles. The van der Waals surface area contributed by atoms with Crippen LogP contribution in [0.3, 0.4) is 0 Å². The van der Waals surface area contributed by atoms with E-state index in [1.807, 2.05) is 0 Å². The van der Waals surface area contributed by atoms with E-state index in [9.17, 15) is 4.79 Å². The zero-order valence-electron chi connectivity index (χ0n) is 3.85. The Kier molecular flexibility index (Phi) is 1.81. The Morgan fingerprint density at radius 2 is 2.50 bits per heavy atom. The van der Waals surface area contributed by atoms with Gasteiger partial charge in [-0.3, -0.25) is 4.79 Å². The molecule has 0 aliphatic rings. The highest BCUT2D eigenvalue weighted by Gasteiger charge is 1.92. The van der Waals surface area contributed by atoms with Crippen LogP contribution in [0.4, 0.5) is 0 Å². The Labute approximate surface area is 59.5 Å². The van der Waals surface area contributed by atoms with Crippen LogP contribution in [0, 0.1) is 0 Å². The van der Waals surface area contributed by atoms with Gasteiger partial charge in [-0.15, -0.1) is 11.3 Å². The van der Waals surface area contributed by atoms with E-state index < -0.39 is 0 Å². The van der Waals surface area contributed by atoms with Gasteiger partial charge in [0.2, 0.25) is 6.29 Å². The zero-order valence-corrected chi connectivity index (χ0v) is 6.25. The molecule has 0 amide bonds. The number of hydrogen-bond donors (Lipinski definition) is 0. The summed E-state index contributed by atoms with van der Waals surface area (Å²) in [4.78, 5) is 9.88. The van der Waals surface area contributed by atoms with E-state index in [4.69, 9.17) is 0 Å². The molecule has 3 heteroatoms. The van der Waals surface area contributed by atoms with Crippen molar-refractivity contribution in [3.63, 3.8) is 0 Å². The third-order valence-corrected chi connectivity index (χ3v) is 2.19. The second-order valence-corrected chi connectivity index (χ2v) is 3.53. The van der Waals surface area contributed by atoms with Crippen molar-refractivity contribution in [2.45, 2.75) is 0 Å². The Bertz CT molecular complexity index is 194. The molecule has 1 aromatic heterocycles. The van der Waals surface area contributed by atoms with Crippen molar-refractivity contribution in [3.05, 3.63) is 20.8 Å². The lowest BCUT2D eigenvalue weighted by Crippen LogP contribution is -1.66. The number of rotatable bonds is 1. The Morgan fingerprint density at radius 1 is 1.75 bits per heavy atom. The molecule has 0 atom stereocenters. The van der Waals surface area contributed by atoms with Crippen LogP contribution in [-0.2, 0) is 4.79 Å². The summed E-state index contributed by atoms with van der Waals surface area (Å²) in [5.41, 5.74) is 0.613. The summed E-state index contributed by atoms with van der Waals surface area (Å²) in [5.74, 6) is 0. The lowest BCUT2D eigenvalue weighted by atomic mass is 10.4. The molecule has 1 rings (SSSR count). The summed E-state index contributed by atoms with van der Waals surface area (Å²) in [6, 6.07) is 1.73. The maximum atomic E-state index is 9.88. The summed E-state index contributed by atoms with van der Waals surface area (Å²) >= 11 is 4.70. The molecular weight excluding hydrogens is 188 g/mol.